The number of methoxy groups -OCH3 is 1. The first kappa shape index (κ1) is 21.3. The minimum atomic E-state index is -4.73. The van der Waals surface area contributed by atoms with E-state index in [1.165, 1.54) is 12.1 Å². The largest absolute Gasteiger partial charge is 0.573 e. The highest BCUT2D eigenvalue weighted by molar-refractivity contribution is 5.77. The molecule has 1 fully saturated rings. The van der Waals surface area contributed by atoms with E-state index in [0.717, 1.165) is 5.56 Å². The van der Waals surface area contributed by atoms with E-state index in [-0.39, 0.29) is 29.7 Å². The minimum absolute atomic E-state index is 0.0531. The van der Waals surface area contributed by atoms with E-state index in [2.05, 4.69) is 4.74 Å². The summed E-state index contributed by atoms with van der Waals surface area (Å²) in [5, 5.41) is 0. The van der Waals surface area contributed by atoms with Crippen LogP contribution in [0.15, 0.2) is 36.4 Å². The van der Waals surface area contributed by atoms with Gasteiger partial charge >= 0.3 is 12.3 Å². The highest BCUT2D eigenvalue weighted by Gasteiger charge is 2.46. The van der Waals surface area contributed by atoms with E-state index >= 15 is 0 Å². The Morgan fingerprint density at radius 1 is 1.13 bits per heavy atom. The van der Waals surface area contributed by atoms with E-state index in [0.29, 0.717) is 48.5 Å². The van der Waals surface area contributed by atoms with Crippen molar-refractivity contribution in [3.63, 3.8) is 0 Å². The predicted molar refractivity (Wildman–Crippen MR) is 105 cm³/mol. The molecule has 4 rings (SSSR count). The summed E-state index contributed by atoms with van der Waals surface area (Å²) >= 11 is 0. The number of benzene rings is 2. The van der Waals surface area contributed by atoms with E-state index in [9.17, 15) is 18.0 Å². The molecule has 8 heteroatoms. The summed E-state index contributed by atoms with van der Waals surface area (Å²) in [5.74, 6) is 0.680. The van der Waals surface area contributed by atoms with Gasteiger partial charge in [0.2, 0.25) is 0 Å². The molecule has 2 aromatic rings. The molecule has 0 saturated heterocycles. The molecule has 0 heterocycles. The van der Waals surface area contributed by atoms with Gasteiger partial charge in [0, 0.05) is 17.5 Å². The summed E-state index contributed by atoms with van der Waals surface area (Å²) < 4.78 is 58.9. The van der Waals surface area contributed by atoms with Gasteiger partial charge in [0.15, 0.2) is 0 Å². The molecule has 2 aliphatic rings. The maximum absolute atomic E-state index is 12.7. The molecule has 2 aliphatic carbocycles. The second kappa shape index (κ2) is 8.32. The molecule has 2 aromatic carbocycles. The average Bonchev–Trinajstić information content (AvgIpc) is 3.41. The van der Waals surface area contributed by atoms with Gasteiger partial charge in [-0.25, -0.2) is 0 Å². The number of hydrogen-bond acceptors (Lipinski definition) is 5. The quantitative estimate of drug-likeness (QED) is 0.550. The van der Waals surface area contributed by atoms with Crippen LogP contribution in [0.4, 0.5) is 13.2 Å². The van der Waals surface area contributed by atoms with Gasteiger partial charge in [-0.05, 0) is 49.4 Å². The van der Waals surface area contributed by atoms with Crippen LogP contribution in [0.2, 0.25) is 0 Å². The van der Waals surface area contributed by atoms with Crippen molar-refractivity contribution in [2.24, 2.45) is 5.92 Å². The number of rotatable bonds is 7. The first-order valence-electron chi connectivity index (χ1n) is 10.2. The Bertz CT molecular complexity index is 972. The Balaban J connectivity index is 1.50. The fraction of sp³-hybridized carbons (Fsp3) is 0.435. The zero-order chi connectivity index (χ0) is 22.2. The SMILES string of the molecule is CCOC(=O)[C@@H]1C[C@H]1c1ccc(O[C@@H]2CCc3c(OC(F)(F)F)cccc32)cc1OC. The third-order valence-electron chi connectivity index (χ3n) is 5.66. The zero-order valence-electron chi connectivity index (χ0n) is 17.2. The van der Waals surface area contributed by atoms with Gasteiger partial charge in [-0.3, -0.25) is 4.79 Å². The van der Waals surface area contributed by atoms with Gasteiger partial charge < -0.3 is 18.9 Å². The van der Waals surface area contributed by atoms with Crippen LogP contribution in [0.25, 0.3) is 0 Å². The topological polar surface area (TPSA) is 54.0 Å². The minimum Gasteiger partial charge on any atom is -0.496 e. The maximum Gasteiger partial charge on any atom is 0.573 e. The third kappa shape index (κ3) is 4.57. The standard InChI is InChI=1S/C23H23F3O5/c1-3-29-22(27)18-12-17(18)16-8-7-13(11-21(16)28-2)30-19-10-9-15-14(19)5-4-6-20(15)31-23(24,25)26/h4-8,11,17-19H,3,9-10,12H2,1-2H3/t17-,18+,19+/m0/s1. The summed E-state index contributed by atoms with van der Waals surface area (Å²) in [4.78, 5) is 11.9. The number of carbonyl (C=O) groups is 1. The van der Waals surface area contributed by atoms with Crippen molar-refractivity contribution in [3.8, 4) is 17.2 Å². The van der Waals surface area contributed by atoms with Gasteiger partial charge in [0.25, 0.3) is 0 Å². The molecule has 0 aromatic heterocycles. The van der Waals surface area contributed by atoms with Crippen molar-refractivity contribution in [1.82, 2.24) is 0 Å². The van der Waals surface area contributed by atoms with Gasteiger partial charge in [-0.2, -0.15) is 0 Å². The first-order chi connectivity index (χ1) is 14.8. The Kier molecular flexibility index (Phi) is 5.73. The lowest BCUT2D eigenvalue weighted by molar-refractivity contribution is -0.274. The highest BCUT2D eigenvalue weighted by atomic mass is 19.4. The molecule has 0 bridgehead atoms. The van der Waals surface area contributed by atoms with Crippen LogP contribution in [0, 0.1) is 5.92 Å². The van der Waals surface area contributed by atoms with Crippen LogP contribution in [0.1, 0.15) is 48.5 Å². The summed E-state index contributed by atoms with van der Waals surface area (Å²) in [6.07, 6.45) is -3.42. The number of hydrogen-bond donors (Lipinski definition) is 0. The van der Waals surface area contributed by atoms with Crippen LogP contribution in [0.5, 0.6) is 17.2 Å². The molecular weight excluding hydrogens is 413 g/mol. The Hall–Kier alpha value is -2.90. The number of fused-ring (bicyclic) bond motifs is 1. The van der Waals surface area contributed by atoms with E-state index in [1.54, 1.807) is 32.2 Å². The lowest BCUT2D eigenvalue weighted by Crippen LogP contribution is -2.18. The smallest absolute Gasteiger partial charge is 0.496 e. The Morgan fingerprint density at radius 2 is 1.94 bits per heavy atom. The number of esters is 1. The third-order valence-corrected chi connectivity index (χ3v) is 5.66. The number of halogens is 3. The van der Waals surface area contributed by atoms with Crippen LogP contribution in [-0.4, -0.2) is 26.0 Å². The second-order valence-electron chi connectivity index (χ2n) is 7.62. The van der Waals surface area contributed by atoms with Crippen LogP contribution >= 0.6 is 0 Å². The first-order valence-corrected chi connectivity index (χ1v) is 10.2. The van der Waals surface area contributed by atoms with E-state index in [1.807, 2.05) is 6.07 Å². The number of ether oxygens (including phenoxy) is 4. The molecule has 0 N–H and O–H groups in total. The molecule has 0 aliphatic heterocycles. The number of alkyl halides is 3. The second-order valence-corrected chi connectivity index (χ2v) is 7.62. The molecule has 0 spiro atoms. The van der Waals surface area contributed by atoms with Crippen molar-refractivity contribution in [3.05, 3.63) is 53.1 Å². The van der Waals surface area contributed by atoms with Crippen LogP contribution < -0.4 is 14.2 Å². The molecule has 0 unspecified atom stereocenters. The summed E-state index contributed by atoms with van der Waals surface area (Å²) in [7, 11) is 1.55. The molecule has 3 atom stereocenters. The fourth-order valence-electron chi connectivity index (χ4n) is 4.21. The molecule has 0 amide bonds. The van der Waals surface area contributed by atoms with Crippen molar-refractivity contribution >= 4 is 5.97 Å². The van der Waals surface area contributed by atoms with Crippen molar-refractivity contribution in [2.75, 3.05) is 13.7 Å². The molecule has 0 radical (unpaired) electrons. The van der Waals surface area contributed by atoms with Crippen molar-refractivity contribution in [2.45, 2.75) is 44.6 Å². The van der Waals surface area contributed by atoms with Gasteiger partial charge in [-0.15, -0.1) is 13.2 Å². The number of carbonyl (C=O) groups excluding carboxylic acids is 1. The summed E-state index contributed by atoms with van der Waals surface area (Å²) in [6.45, 7) is 2.13. The van der Waals surface area contributed by atoms with Gasteiger partial charge in [-0.1, -0.05) is 18.2 Å². The Labute approximate surface area is 178 Å². The van der Waals surface area contributed by atoms with Crippen molar-refractivity contribution in [1.29, 1.82) is 0 Å². The normalized spacial score (nSPS) is 21.9. The average molecular weight is 436 g/mol. The summed E-state index contributed by atoms with van der Waals surface area (Å²) in [6, 6.07) is 10.0. The Morgan fingerprint density at radius 3 is 2.65 bits per heavy atom. The molecule has 31 heavy (non-hydrogen) atoms. The molecule has 1 saturated carbocycles. The highest BCUT2D eigenvalue weighted by Crippen LogP contribution is 2.52. The van der Waals surface area contributed by atoms with Crippen molar-refractivity contribution < 1.29 is 36.9 Å². The van der Waals surface area contributed by atoms with Crippen LogP contribution in [-0.2, 0) is 16.0 Å². The lowest BCUT2D eigenvalue weighted by atomic mass is 10.1. The van der Waals surface area contributed by atoms with Gasteiger partial charge in [0.05, 0.1) is 19.6 Å². The lowest BCUT2D eigenvalue weighted by Gasteiger charge is -2.18. The monoisotopic (exact) mass is 436 g/mol. The van der Waals surface area contributed by atoms with Gasteiger partial charge in [0.1, 0.15) is 23.4 Å². The predicted octanol–water partition coefficient (Wildman–Crippen LogP) is 5.33. The van der Waals surface area contributed by atoms with Crippen LogP contribution in [0.3, 0.4) is 0 Å². The fourth-order valence-corrected chi connectivity index (χ4v) is 4.21. The maximum atomic E-state index is 12.7. The molecule has 5 nitrogen and oxygen atoms in total. The molecular formula is C23H23F3O5. The van der Waals surface area contributed by atoms with E-state index in [4.69, 9.17) is 14.2 Å². The molecule has 166 valence electrons. The zero-order valence-corrected chi connectivity index (χ0v) is 17.2. The summed E-state index contributed by atoms with van der Waals surface area (Å²) in [5.41, 5.74) is 2.12. The van der Waals surface area contributed by atoms with E-state index < -0.39 is 6.36 Å².